The molecule has 0 aliphatic carbocycles. The monoisotopic (exact) mass is 437 g/mol. The van der Waals surface area contributed by atoms with Gasteiger partial charge in [-0.1, -0.05) is 41.2 Å². The lowest BCUT2D eigenvalue weighted by Crippen LogP contribution is -2.20. The van der Waals surface area contributed by atoms with Crippen LogP contribution in [0.25, 0.3) is 11.0 Å². The van der Waals surface area contributed by atoms with Crippen LogP contribution in [0.15, 0.2) is 30.3 Å². The number of imidazole rings is 1. The highest BCUT2D eigenvalue weighted by molar-refractivity contribution is 6.43. The van der Waals surface area contributed by atoms with Crippen molar-refractivity contribution in [3.63, 3.8) is 0 Å². The van der Waals surface area contributed by atoms with Gasteiger partial charge in [-0.15, -0.1) is 0 Å². The zero-order chi connectivity index (χ0) is 19.7. The Hall–Kier alpha value is -1.95. The molecule has 2 heterocycles. The van der Waals surface area contributed by atoms with Crippen molar-refractivity contribution in [1.82, 2.24) is 9.55 Å². The highest BCUT2D eigenvalue weighted by Gasteiger charge is 2.15. The SMILES string of the molecule is O=C(COc1cc(Cl)c(Cl)cc1Cl)Nc1ccc2c(c1)nc1n2CCCCC1. The van der Waals surface area contributed by atoms with Gasteiger partial charge in [0.25, 0.3) is 5.91 Å². The molecule has 1 aliphatic rings. The minimum atomic E-state index is -0.303. The topological polar surface area (TPSA) is 56.1 Å². The molecule has 1 amide bonds. The van der Waals surface area contributed by atoms with Gasteiger partial charge in [-0.3, -0.25) is 4.79 Å². The summed E-state index contributed by atoms with van der Waals surface area (Å²) < 4.78 is 7.75. The Kier molecular flexibility index (Phi) is 5.67. The molecule has 0 spiro atoms. The number of carbonyl (C=O) groups excluding carboxylic acids is 1. The summed E-state index contributed by atoms with van der Waals surface area (Å²) in [7, 11) is 0. The normalized spacial score (nSPS) is 13.8. The number of anilines is 1. The van der Waals surface area contributed by atoms with Crippen LogP contribution in [0.2, 0.25) is 15.1 Å². The highest BCUT2D eigenvalue weighted by atomic mass is 35.5. The van der Waals surface area contributed by atoms with E-state index in [1.165, 1.54) is 31.4 Å². The molecule has 0 unspecified atom stereocenters. The zero-order valence-corrected chi connectivity index (χ0v) is 17.2. The van der Waals surface area contributed by atoms with Gasteiger partial charge in [0.05, 0.1) is 26.1 Å². The predicted octanol–water partition coefficient (Wildman–Crippen LogP) is 5.74. The molecule has 146 valence electrons. The number of aromatic nitrogens is 2. The molecule has 0 saturated heterocycles. The minimum absolute atomic E-state index is 0.199. The van der Waals surface area contributed by atoms with Crippen LogP contribution in [-0.4, -0.2) is 22.1 Å². The number of fused-ring (bicyclic) bond motifs is 3. The van der Waals surface area contributed by atoms with E-state index in [4.69, 9.17) is 44.5 Å². The number of halogens is 3. The van der Waals surface area contributed by atoms with E-state index in [9.17, 15) is 4.79 Å². The van der Waals surface area contributed by atoms with Gasteiger partial charge in [-0.05, 0) is 37.1 Å². The van der Waals surface area contributed by atoms with Crippen LogP contribution in [-0.2, 0) is 17.8 Å². The predicted molar refractivity (Wildman–Crippen MR) is 113 cm³/mol. The number of nitrogens with zero attached hydrogens (tertiary/aromatic N) is 2. The number of hydrogen-bond donors (Lipinski definition) is 1. The van der Waals surface area contributed by atoms with Gasteiger partial charge in [0.2, 0.25) is 0 Å². The summed E-state index contributed by atoms with van der Waals surface area (Å²) in [5, 5.41) is 3.76. The molecule has 1 aromatic heterocycles. The fourth-order valence-corrected chi connectivity index (χ4v) is 3.97. The average Bonchev–Trinajstić information content (AvgIpc) is 2.83. The molecule has 0 fully saturated rings. The summed E-state index contributed by atoms with van der Waals surface area (Å²) in [5.74, 6) is 1.12. The number of hydrogen-bond acceptors (Lipinski definition) is 3. The molecule has 3 aromatic rings. The smallest absolute Gasteiger partial charge is 0.262 e. The van der Waals surface area contributed by atoms with Crippen molar-refractivity contribution in [1.29, 1.82) is 0 Å². The molecule has 5 nitrogen and oxygen atoms in total. The Morgan fingerprint density at radius 1 is 1.07 bits per heavy atom. The van der Waals surface area contributed by atoms with E-state index in [-0.39, 0.29) is 12.5 Å². The largest absolute Gasteiger partial charge is 0.482 e. The van der Waals surface area contributed by atoms with Crippen LogP contribution >= 0.6 is 34.8 Å². The number of ether oxygens (including phenoxy) is 1. The molecular formula is C20H18Cl3N3O2. The highest BCUT2D eigenvalue weighted by Crippen LogP contribution is 2.33. The van der Waals surface area contributed by atoms with Crippen LogP contribution < -0.4 is 10.1 Å². The molecule has 0 bridgehead atoms. The second-order valence-electron chi connectivity index (χ2n) is 6.73. The van der Waals surface area contributed by atoms with E-state index < -0.39 is 0 Å². The summed E-state index contributed by atoms with van der Waals surface area (Å²) in [4.78, 5) is 17.0. The summed E-state index contributed by atoms with van der Waals surface area (Å²) in [5.41, 5.74) is 2.67. The van der Waals surface area contributed by atoms with E-state index in [1.807, 2.05) is 18.2 Å². The maximum atomic E-state index is 12.3. The van der Waals surface area contributed by atoms with Gasteiger partial charge in [0, 0.05) is 24.7 Å². The van der Waals surface area contributed by atoms with Gasteiger partial charge in [-0.25, -0.2) is 4.98 Å². The van der Waals surface area contributed by atoms with Crippen molar-refractivity contribution in [2.24, 2.45) is 0 Å². The molecular weight excluding hydrogens is 421 g/mol. The van der Waals surface area contributed by atoms with Crippen LogP contribution in [0.4, 0.5) is 5.69 Å². The average molecular weight is 439 g/mol. The Bertz CT molecular complexity index is 1050. The van der Waals surface area contributed by atoms with Crippen LogP contribution in [0.3, 0.4) is 0 Å². The molecule has 1 N–H and O–H groups in total. The van der Waals surface area contributed by atoms with Gasteiger partial charge in [0.1, 0.15) is 11.6 Å². The van der Waals surface area contributed by atoms with E-state index >= 15 is 0 Å². The van der Waals surface area contributed by atoms with Crippen LogP contribution in [0.1, 0.15) is 25.1 Å². The molecule has 28 heavy (non-hydrogen) atoms. The van der Waals surface area contributed by atoms with E-state index in [1.54, 1.807) is 0 Å². The zero-order valence-electron chi connectivity index (χ0n) is 15.0. The van der Waals surface area contributed by atoms with E-state index in [0.29, 0.717) is 26.5 Å². The number of amides is 1. The Labute approximate surface area is 177 Å². The second kappa shape index (κ2) is 8.19. The third kappa shape index (κ3) is 4.07. The standard InChI is InChI=1S/C20H18Cl3N3O2/c21-13-9-15(23)18(10-14(13)22)28-11-20(27)24-12-5-6-17-16(8-12)25-19-4-2-1-3-7-26(17)19/h5-6,8-10H,1-4,7,11H2,(H,24,27). The number of benzene rings is 2. The summed E-state index contributed by atoms with van der Waals surface area (Å²) in [6.07, 6.45) is 4.57. The summed E-state index contributed by atoms with van der Waals surface area (Å²) >= 11 is 17.9. The molecule has 2 aromatic carbocycles. The van der Waals surface area contributed by atoms with Gasteiger partial charge < -0.3 is 14.6 Å². The molecule has 0 atom stereocenters. The Morgan fingerprint density at radius 2 is 1.89 bits per heavy atom. The van der Waals surface area contributed by atoms with Crippen LogP contribution in [0.5, 0.6) is 5.75 Å². The lowest BCUT2D eigenvalue weighted by molar-refractivity contribution is -0.118. The number of aryl methyl sites for hydroxylation is 2. The molecule has 0 radical (unpaired) electrons. The maximum Gasteiger partial charge on any atom is 0.262 e. The third-order valence-electron chi connectivity index (χ3n) is 4.73. The Balaban J connectivity index is 1.44. The molecule has 0 saturated carbocycles. The number of nitrogens with one attached hydrogen (secondary N) is 1. The van der Waals surface area contributed by atoms with Crippen molar-refractivity contribution in [2.75, 3.05) is 11.9 Å². The first kappa shape index (κ1) is 19.4. The molecule has 1 aliphatic heterocycles. The first-order chi connectivity index (χ1) is 13.5. The summed E-state index contributed by atoms with van der Waals surface area (Å²) in [6, 6.07) is 8.75. The second-order valence-corrected chi connectivity index (χ2v) is 7.95. The number of carbonyl (C=O) groups is 1. The molecule has 4 rings (SSSR count). The van der Waals surface area contributed by atoms with Crippen molar-refractivity contribution >= 4 is 57.4 Å². The van der Waals surface area contributed by atoms with Crippen LogP contribution in [0, 0.1) is 0 Å². The fraction of sp³-hybridized carbons (Fsp3) is 0.300. The lowest BCUT2D eigenvalue weighted by atomic mass is 10.2. The maximum absolute atomic E-state index is 12.3. The van der Waals surface area contributed by atoms with E-state index in [2.05, 4.69) is 9.88 Å². The lowest BCUT2D eigenvalue weighted by Gasteiger charge is -2.10. The van der Waals surface area contributed by atoms with Gasteiger partial charge in [0.15, 0.2) is 6.61 Å². The summed E-state index contributed by atoms with van der Waals surface area (Å²) in [6.45, 7) is 0.797. The van der Waals surface area contributed by atoms with Crippen molar-refractivity contribution in [2.45, 2.75) is 32.2 Å². The minimum Gasteiger partial charge on any atom is -0.482 e. The molecule has 8 heteroatoms. The number of rotatable bonds is 4. The quantitative estimate of drug-likeness (QED) is 0.528. The van der Waals surface area contributed by atoms with Gasteiger partial charge in [-0.2, -0.15) is 0 Å². The van der Waals surface area contributed by atoms with Gasteiger partial charge >= 0.3 is 0 Å². The third-order valence-corrected chi connectivity index (χ3v) is 5.74. The van der Waals surface area contributed by atoms with Crippen molar-refractivity contribution in [3.05, 3.63) is 51.2 Å². The first-order valence-electron chi connectivity index (χ1n) is 9.07. The first-order valence-corrected chi connectivity index (χ1v) is 10.2. The van der Waals surface area contributed by atoms with E-state index in [0.717, 1.165) is 29.8 Å². The van der Waals surface area contributed by atoms with Crippen molar-refractivity contribution in [3.8, 4) is 5.75 Å². The Morgan fingerprint density at radius 3 is 2.75 bits per heavy atom. The fourth-order valence-electron chi connectivity index (χ4n) is 3.38. The van der Waals surface area contributed by atoms with Crippen molar-refractivity contribution < 1.29 is 9.53 Å².